The maximum absolute atomic E-state index is 11.0. The summed E-state index contributed by atoms with van der Waals surface area (Å²) in [6, 6.07) is 0.355. The molecule has 5 aliphatic rings. The number of nitrogens with one attached hydrogen (secondary N) is 2. The highest BCUT2D eigenvalue weighted by Crippen LogP contribution is 2.56. The molecule has 31 heavy (non-hydrogen) atoms. The molecule has 7 rings (SSSR count). The van der Waals surface area contributed by atoms with Crippen LogP contribution in [0, 0.1) is 17.8 Å². The van der Waals surface area contributed by atoms with Gasteiger partial charge in [0.05, 0.1) is 35.7 Å². The van der Waals surface area contributed by atoms with E-state index in [1.54, 1.807) is 0 Å². The highest BCUT2D eigenvalue weighted by molar-refractivity contribution is 5.84. The molecule has 4 N–H and O–H groups in total. The molecule has 4 saturated carbocycles. The second kappa shape index (κ2) is 7.39. The number of allylic oxidation sites excluding steroid dienone is 1. The van der Waals surface area contributed by atoms with Crippen molar-refractivity contribution in [2.75, 3.05) is 18.5 Å². The van der Waals surface area contributed by atoms with Gasteiger partial charge < -0.3 is 25.4 Å². The van der Waals surface area contributed by atoms with Gasteiger partial charge in [-0.25, -0.2) is 0 Å². The molecular weight excluding hydrogens is 394 g/mol. The molecule has 2 unspecified atom stereocenters. The Kier molecular flexibility index (Phi) is 4.63. The van der Waals surface area contributed by atoms with Crippen LogP contribution in [-0.4, -0.2) is 50.1 Å². The van der Waals surface area contributed by atoms with Gasteiger partial charge in [-0.3, -0.25) is 4.98 Å². The van der Waals surface area contributed by atoms with Crippen molar-refractivity contribution in [3.63, 3.8) is 0 Å². The van der Waals surface area contributed by atoms with Crippen LogP contribution in [0.2, 0.25) is 0 Å². The Balaban J connectivity index is 1.32. The van der Waals surface area contributed by atoms with E-state index in [9.17, 15) is 5.11 Å². The average Bonchev–Trinajstić information content (AvgIpc) is 3.39. The third-order valence-electron chi connectivity index (χ3n) is 7.62. The summed E-state index contributed by atoms with van der Waals surface area (Å²) in [6.45, 7) is 0.963. The van der Waals surface area contributed by atoms with Gasteiger partial charge in [0.25, 0.3) is 0 Å². The van der Waals surface area contributed by atoms with Gasteiger partial charge >= 0.3 is 0 Å². The minimum atomic E-state index is -0.443. The smallest absolute Gasteiger partial charge is 0.240 e. The summed E-state index contributed by atoms with van der Waals surface area (Å²) in [4.78, 5) is 9.23. The lowest BCUT2D eigenvalue weighted by Gasteiger charge is -2.58. The molecule has 4 bridgehead atoms. The van der Waals surface area contributed by atoms with Crippen LogP contribution in [0.15, 0.2) is 16.8 Å². The van der Waals surface area contributed by atoms with E-state index in [1.165, 1.54) is 12.8 Å². The van der Waals surface area contributed by atoms with Gasteiger partial charge in [0.2, 0.25) is 11.7 Å². The lowest BCUT2D eigenvalue weighted by molar-refractivity contribution is -0.129. The molecule has 0 radical (unpaired) electrons. The van der Waals surface area contributed by atoms with Crippen LogP contribution in [-0.2, 0) is 13.0 Å². The zero-order valence-electron chi connectivity index (χ0n) is 17.5. The molecule has 0 saturated heterocycles. The number of pyridine rings is 1. The van der Waals surface area contributed by atoms with Gasteiger partial charge in [-0.05, 0) is 49.9 Å². The summed E-state index contributed by atoms with van der Waals surface area (Å²) in [7, 11) is 0. The van der Waals surface area contributed by atoms with Crippen LogP contribution in [0.3, 0.4) is 0 Å². The van der Waals surface area contributed by atoms with Crippen molar-refractivity contribution in [1.82, 2.24) is 20.4 Å². The number of anilines is 1. The Morgan fingerprint density at radius 2 is 2.03 bits per heavy atom. The van der Waals surface area contributed by atoms with E-state index in [1.807, 2.05) is 6.20 Å². The minimum absolute atomic E-state index is 0.0653. The summed E-state index contributed by atoms with van der Waals surface area (Å²) in [5.41, 5.74) is 3.65. The molecule has 8 nitrogen and oxygen atoms in total. The predicted octanol–water partition coefficient (Wildman–Crippen LogP) is 2.13. The number of aliphatic hydroxyl groups is 2. The summed E-state index contributed by atoms with van der Waals surface area (Å²) < 4.78 is 5.43. The summed E-state index contributed by atoms with van der Waals surface area (Å²) in [6.07, 6.45) is 12.2. The Bertz CT molecular complexity index is 1000. The van der Waals surface area contributed by atoms with Crippen molar-refractivity contribution < 1.29 is 14.7 Å². The van der Waals surface area contributed by atoms with E-state index < -0.39 is 5.60 Å². The number of rotatable bonds is 7. The molecule has 0 spiro atoms. The second-order valence-electron chi connectivity index (χ2n) is 9.79. The first-order chi connectivity index (χ1) is 15.1. The predicted molar refractivity (Wildman–Crippen MR) is 115 cm³/mol. The van der Waals surface area contributed by atoms with Gasteiger partial charge in [-0.2, -0.15) is 4.98 Å². The van der Waals surface area contributed by atoms with Crippen LogP contribution in [0.4, 0.5) is 5.69 Å². The number of aliphatic hydroxyl groups excluding tert-OH is 1. The van der Waals surface area contributed by atoms with Crippen LogP contribution in [0.25, 0.3) is 17.5 Å². The summed E-state index contributed by atoms with van der Waals surface area (Å²) >= 11 is 0. The lowest BCUT2D eigenvalue weighted by Crippen LogP contribution is -2.59. The molecule has 164 valence electrons. The number of hydrogen-bond donors (Lipinski definition) is 4. The SMILES string of the molecule is OCCNCc1nc(-c2cnc3c(c2NC2C4CC5CC2CC(O)(C5)C4)C=CC3)no1. The zero-order chi connectivity index (χ0) is 21.0. The number of aromatic nitrogens is 3. The van der Waals surface area contributed by atoms with Crippen LogP contribution in [0.5, 0.6) is 0 Å². The molecular formula is C23H29N5O3. The van der Waals surface area contributed by atoms with E-state index in [0.29, 0.717) is 48.6 Å². The van der Waals surface area contributed by atoms with Gasteiger partial charge in [0, 0.05) is 30.8 Å². The Morgan fingerprint density at radius 3 is 2.81 bits per heavy atom. The molecule has 2 aromatic heterocycles. The topological polar surface area (TPSA) is 116 Å². The molecule has 2 atom stereocenters. The molecule has 4 fully saturated rings. The largest absolute Gasteiger partial charge is 0.395 e. The van der Waals surface area contributed by atoms with Crippen molar-refractivity contribution in [3.05, 3.63) is 29.4 Å². The molecule has 0 aromatic carbocycles. The minimum Gasteiger partial charge on any atom is -0.395 e. The number of hydrogen-bond acceptors (Lipinski definition) is 8. The fourth-order valence-electron chi connectivity index (χ4n) is 6.62. The third-order valence-corrected chi connectivity index (χ3v) is 7.62. The maximum Gasteiger partial charge on any atom is 0.240 e. The number of fused-ring (bicyclic) bond motifs is 1. The van der Waals surface area contributed by atoms with Gasteiger partial charge in [0.15, 0.2) is 0 Å². The molecule has 8 heteroatoms. The lowest BCUT2D eigenvalue weighted by atomic mass is 9.52. The monoisotopic (exact) mass is 423 g/mol. The molecule has 2 heterocycles. The van der Waals surface area contributed by atoms with Crippen molar-refractivity contribution in [1.29, 1.82) is 0 Å². The van der Waals surface area contributed by atoms with Crippen molar-refractivity contribution in [3.8, 4) is 11.4 Å². The van der Waals surface area contributed by atoms with Crippen LogP contribution in [0.1, 0.15) is 49.3 Å². The standard InChI is InChI=1S/C23H29N5O3/c29-5-4-24-12-19-26-22(28-31-19)17-11-25-18-3-1-2-16(18)21(17)27-20-14-6-13-7-15(20)10-23(30,8-13)9-14/h1-2,11,13-15,20,24,29-30H,3-10,12H2,(H,25,27). The van der Waals surface area contributed by atoms with Crippen molar-refractivity contribution in [2.24, 2.45) is 17.8 Å². The molecule has 2 aromatic rings. The van der Waals surface area contributed by atoms with Gasteiger partial charge in [-0.15, -0.1) is 0 Å². The van der Waals surface area contributed by atoms with E-state index in [0.717, 1.165) is 48.2 Å². The molecule has 0 amide bonds. The number of nitrogens with zero attached hydrogens (tertiary/aromatic N) is 3. The highest BCUT2D eigenvalue weighted by atomic mass is 16.5. The highest BCUT2D eigenvalue weighted by Gasteiger charge is 2.54. The third kappa shape index (κ3) is 3.37. The Morgan fingerprint density at radius 1 is 1.19 bits per heavy atom. The fraction of sp³-hybridized carbons (Fsp3) is 0.609. The van der Waals surface area contributed by atoms with Gasteiger partial charge in [-0.1, -0.05) is 17.3 Å². The summed E-state index contributed by atoms with van der Waals surface area (Å²) in [5.74, 6) is 2.70. The Labute approximate surface area is 181 Å². The average molecular weight is 424 g/mol. The second-order valence-corrected chi connectivity index (χ2v) is 9.79. The summed E-state index contributed by atoms with van der Waals surface area (Å²) in [5, 5.41) is 31.1. The fourth-order valence-corrected chi connectivity index (χ4v) is 6.62. The van der Waals surface area contributed by atoms with E-state index in [2.05, 4.69) is 37.9 Å². The first kappa shape index (κ1) is 19.4. The van der Waals surface area contributed by atoms with E-state index in [4.69, 9.17) is 9.63 Å². The molecule has 0 aliphatic heterocycles. The quantitative estimate of drug-likeness (QED) is 0.501. The van der Waals surface area contributed by atoms with Gasteiger partial charge in [0.1, 0.15) is 0 Å². The van der Waals surface area contributed by atoms with Crippen LogP contribution >= 0.6 is 0 Å². The zero-order valence-corrected chi connectivity index (χ0v) is 17.5. The van der Waals surface area contributed by atoms with Crippen molar-refractivity contribution in [2.45, 2.75) is 56.7 Å². The van der Waals surface area contributed by atoms with E-state index >= 15 is 0 Å². The van der Waals surface area contributed by atoms with E-state index in [-0.39, 0.29) is 6.61 Å². The Hall–Kier alpha value is -2.29. The first-order valence-corrected chi connectivity index (χ1v) is 11.4. The maximum atomic E-state index is 11.0. The molecule has 5 aliphatic carbocycles. The van der Waals surface area contributed by atoms with Crippen LogP contribution < -0.4 is 10.6 Å². The normalized spacial score (nSPS) is 32.6. The van der Waals surface area contributed by atoms with Crippen molar-refractivity contribution >= 4 is 11.8 Å². The first-order valence-electron chi connectivity index (χ1n) is 11.4.